The summed E-state index contributed by atoms with van der Waals surface area (Å²) >= 11 is 1.43. The molecule has 1 saturated heterocycles. The molecule has 1 aromatic rings. The highest BCUT2D eigenvalue weighted by Gasteiger charge is 2.17. The maximum absolute atomic E-state index is 12.0. The zero-order valence-electron chi connectivity index (χ0n) is 10.6. The predicted octanol–water partition coefficient (Wildman–Crippen LogP) is 0.378. The van der Waals surface area contributed by atoms with Gasteiger partial charge in [-0.15, -0.1) is 10.2 Å². The molecule has 6 nitrogen and oxygen atoms in total. The lowest BCUT2D eigenvalue weighted by molar-refractivity contribution is -0.129. The van der Waals surface area contributed by atoms with Gasteiger partial charge in [-0.05, 0) is 19.3 Å². The van der Waals surface area contributed by atoms with Crippen molar-refractivity contribution in [1.82, 2.24) is 19.7 Å². The lowest BCUT2D eigenvalue weighted by Gasteiger charge is -2.26. The molecular formula is C11H19N5OS. The molecule has 1 aliphatic rings. The number of hydrogen-bond acceptors (Lipinski definition) is 5. The van der Waals surface area contributed by atoms with Gasteiger partial charge >= 0.3 is 0 Å². The number of nitrogens with two attached hydrogens (primary N) is 1. The normalized spacial score (nSPS) is 16.0. The molecule has 2 rings (SSSR count). The van der Waals surface area contributed by atoms with Crippen LogP contribution in [-0.2, 0) is 18.4 Å². The minimum Gasteiger partial charge on any atom is -0.342 e. The summed E-state index contributed by atoms with van der Waals surface area (Å²) in [6.07, 6.45) is 3.48. The number of aromatic nitrogens is 3. The molecule has 1 aromatic heterocycles. The summed E-state index contributed by atoms with van der Waals surface area (Å²) in [6.45, 7) is 2.16. The van der Waals surface area contributed by atoms with E-state index in [2.05, 4.69) is 10.2 Å². The van der Waals surface area contributed by atoms with Crippen molar-refractivity contribution in [1.29, 1.82) is 0 Å². The smallest absolute Gasteiger partial charge is 0.233 e. The summed E-state index contributed by atoms with van der Waals surface area (Å²) in [6, 6.07) is 0. The Morgan fingerprint density at radius 3 is 2.67 bits per heavy atom. The van der Waals surface area contributed by atoms with Gasteiger partial charge in [0.05, 0.1) is 12.3 Å². The topological polar surface area (TPSA) is 77.0 Å². The third-order valence-corrected chi connectivity index (χ3v) is 4.15. The molecule has 0 aromatic carbocycles. The van der Waals surface area contributed by atoms with Crippen molar-refractivity contribution in [2.45, 2.75) is 31.0 Å². The van der Waals surface area contributed by atoms with Gasteiger partial charge in [-0.2, -0.15) is 0 Å². The average molecular weight is 269 g/mol. The second kappa shape index (κ2) is 6.19. The highest BCUT2D eigenvalue weighted by Crippen LogP contribution is 2.17. The first-order valence-corrected chi connectivity index (χ1v) is 7.20. The molecule has 1 fully saturated rings. The molecule has 0 bridgehead atoms. The van der Waals surface area contributed by atoms with Crippen molar-refractivity contribution >= 4 is 17.7 Å². The van der Waals surface area contributed by atoms with E-state index in [1.165, 1.54) is 18.2 Å². The van der Waals surface area contributed by atoms with Crippen molar-refractivity contribution in [3.8, 4) is 0 Å². The van der Waals surface area contributed by atoms with Gasteiger partial charge in [-0.25, -0.2) is 0 Å². The number of carbonyl (C=O) groups excluding carboxylic acids is 1. The summed E-state index contributed by atoms with van der Waals surface area (Å²) in [5.74, 6) is 1.36. The van der Waals surface area contributed by atoms with E-state index in [1.807, 2.05) is 16.5 Å². The van der Waals surface area contributed by atoms with Crippen LogP contribution in [0.1, 0.15) is 25.1 Å². The molecule has 2 N–H and O–H groups in total. The fourth-order valence-corrected chi connectivity index (χ4v) is 2.84. The molecule has 1 amide bonds. The highest BCUT2D eigenvalue weighted by molar-refractivity contribution is 7.99. The van der Waals surface area contributed by atoms with E-state index in [0.717, 1.165) is 36.9 Å². The molecule has 7 heteroatoms. The Morgan fingerprint density at radius 2 is 2.06 bits per heavy atom. The SMILES string of the molecule is Cn1c(CN)nnc1SCC(=O)N1CCCCC1. The van der Waals surface area contributed by atoms with Gasteiger partial charge in [0, 0.05) is 20.1 Å². The molecular weight excluding hydrogens is 250 g/mol. The van der Waals surface area contributed by atoms with Crippen LogP contribution in [0.4, 0.5) is 0 Å². The zero-order chi connectivity index (χ0) is 13.0. The number of hydrogen-bond donors (Lipinski definition) is 1. The first kappa shape index (κ1) is 13.4. The van der Waals surface area contributed by atoms with Crippen molar-refractivity contribution in [2.24, 2.45) is 12.8 Å². The van der Waals surface area contributed by atoms with Crippen molar-refractivity contribution < 1.29 is 4.79 Å². The number of likely N-dealkylation sites (tertiary alicyclic amines) is 1. The van der Waals surface area contributed by atoms with E-state index < -0.39 is 0 Å². The second-order valence-electron chi connectivity index (χ2n) is 4.39. The zero-order valence-corrected chi connectivity index (χ0v) is 11.4. The Balaban J connectivity index is 1.86. The van der Waals surface area contributed by atoms with E-state index in [1.54, 1.807) is 0 Å². The van der Waals surface area contributed by atoms with Crippen LogP contribution in [0, 0.1) is 0 Å². The van der Waals surface area contributed by atoms with E-state index in [9.17, 15) is 4.79 Å². The fourth-order valence-electron chi connectivity index (χ4n) is 2.01. The van der Waals surface area contributed by atoms with Crippen LogP contribution in [0.2, 0.25) is 0 Å². The van der Waals surface area contributed by atoms with Gasteiger partial charge in [0.1, 0.15) is 5.82 Å². The maximum atomic E-state index is 12.0. The molecule has 0 saturated carbocycles. The van der Waals surface area contributed by atoms with Gasteiger partial charge in [0.2, 0.25) is 5.91 Å². The molecule has 1 aliphatic heterocycles. The lowest BCUT2D eigenvalue weighted by Crippen LogP contribution is -2.36. The first-order valence-electron chi connectivity index (χ1n) is 6.21. The highest BCUT2D eigenvalue weighted by atomic mass is 32.2. The summed E-state index contributed by atoms with van der Waals surface area (Å²) in [5, 5.41) is 8.75. The Morgan fingerprint density at radius 1 is 1.33 bits per heavy atom. The maximum Gasteiger partial charge on any atom is 0.233 e. The number of rotatable bonds is 4. The quantitative estimate of drug-likeness (QED) is 0.800. The molecule has 0 atom stereocenters. The van der Waals surface area contributed by atoms with Gasteiger partial charge < -0.3 is 15.2 Å². The molecule has 18 heavy (non-hydrogen) atoms. The van der Waals surface area contributed by atoms with Crippen molar-refractivity contribution in [2.75, 3.05) is 18.8 Å². The number of amides is 1. The largest absolute Gasteiger partial charge is 0.342 e. The Hall–Kier alpha value is -1.08. The minimum atomic E-state index is 0.192. The van der Waals surface area contributed by atoms with Gasteiger partial charge in [-0.3, -0.25) is 4.79 Å². The summed E-state index contributed by atoms with van der Waals surface area (Å²) in [4.78, 5) is 13.9. The molecule has 2 heterocycles. The van der Waals surface area contributed by atoms with E-state index in [0.29, 0.717) is 12.3 Å². The second-order valence-corrected chi connectivity index (χ2v) is 5.33. The third-order valence-electron chi connectivity index (χ3n) is 3.14. The Labute approximate surface area is 111 Å². The predicted molar refractivity (Wildman–Crippen MR) is 70.0 cm³/mol. The van der Waals surface area contributed by atoms with Gasteiger partial charge in [0.15, 0.2) is 5.16 Å². The van der Waals surface area contributed by atoms with Gasteiger partial charge in [-0.1, -0.05) is 11.8 Å². The van der Waals surface area contributed by atoms with Gasteiger partial charge in [0.25, 0.3) is 0 Å². The standard InChI is InChI=1S/C11H19N5OS/c1-15-9(7-12)13-14-11(15)18-8-10(17)16-5-3-2-4-6-16/h2-8,12H2,1H3. The minimum absolute atomic E-state index is 0.192. The van der Waals surface area contributed by atoms with Crippen LogP contribution < -0.4 is 5.73 Å². The summed E-state index contributed by atoms with van der Waals surface area (Å²) in [5.41, 5.74) is 5.53. The molecule has 0 aliphatic carbocycles. The molecule has 0 radical (unpaired) electrons. The van der Waals surface area contributed by atoms with E-state index in [-0.39, 0.29) is 5.91 Å². The number of piperidine rings is 1. The number of carbonyl (C=O) groups is 1. The molecule has 100 valence electrons. The summed E-state index contributed by atoms with van der Waals surface area (Å²) < 4.78 is 1.84. The van der Waals surface area contributed by atoms with Crippen LogP contribution >= 0.6 is 11.8 Å². The van der Waals surface area contributed by atoms with E-state index >= 15 is 0 Å². The average Bonchev–Trinajstić information content (AvgIpc) is 2.77. The lowest BCUT2D eigenvalue weighted by atomic mass is 10.1. The van der Waals surface area contributed by atoms with Crippen LogP contribution in [-0.4, -0.2) is 44.4 Å². The van der Waals surface area contributed by atoms with Crippen LogP contribution in [0.5, 0.6) is 0 Å². The Bertz CT molecular complexity index is 414. The monoisotopic (exact) mass is 269 g/mol. The first-order chi connectivity index (χ1) is 8.72. The Kier molecular flexibility index (Phi) is 4.60. The van der Waals surface area contributed by atoms with Crippen LogP contribution in [0.3, 0.4) is 0 Å². The van der Waals surface area contributed by atoms with Crippen LogP contribution in [0.15, 0.2) is 5.16 Å². The fraction of sp³-hybridized carbons (Fsp3) is 0.727. The number of nitrogens with zero attached hydrogens (tertiary/aromatic N) is 4. The molecule has 0 unspecified atom stereocenters. The van der Waals surface area contributed by atoms with E-state index in [4.69, 9.17) is 5.73 Å². The van der Waals surface area contributed by atoms with Crippen LogP contribution in [0.25, 0.3) is 0 Å². The van der Waals surface area contributed by atoms with Crippen molar-refractivity contribution in [3.05, 3.63) is 5.82 Å². The third kappa shape index (κ3) is 3.02. The number of thioether (sulfide) groups is 1. The molecule has 0 spiro atoms. The summed E-state index contributed by atoms with van der Waals surface area (Å²) in [7, 11) is 1.87. The van der Waals surface area contributed by atoms with Crippen molar-refractivity contribution in [3.63, 3.8) is 0 Å².